The lowest BCUT2D eigenvalue weighted by atomic mass is 9.86. The summed E-state index contributed by atoms with van der Waals surface area (Å²) < 4.78 is 39.7. The van der Waals surface area contributed by atoms with Crippen LogP contribution >= 0.6 is 0 Å². The lowest BCUT2D eigenvalue weighted by Gasteiger charge is -2.32. The second-order valence-electron chi connectivity index (χ2n) is 17.9. The van der Waals surface area contributed by atoms with Crippen molar-refractivity contribution < 1.29 is 27.9 Å². The SMILES string of the molecule is CCCC(CCCCCC(=O)N1CCC(n2cc(-c3cnc4cccc(-c5cc(F)c(CN6CCOCC6)c(F)c5)c4n3)cn2)CC1)c1cccc2c(=O)n(C3CCC(=O)NC3=O)ccc12. The van der Waals surface area contributed by atoms with E-state index >= 15 is 8.78 Å². The van der Waals surface area contributed by atoms with E-state index in [1.807, 2.05) is 51.0 Å². The van der Waals surface area contributed by atoms with Crippen LogP contribution in [0.4, 0.5) is 8.78 Å². The van der Waals surface area contributed by atoms with E-state index in [2.05, 4.69) is 28.4 Å². The quantitative estimate of drug-likeness (QED) is 0.0796. The fraction of sp³-hybridized carbons (Fsp3) is 0.431. The Morgan fingerprint density at radius 3 is 2.44 bits per heavy atom. The van der Waals surface area contributed by atoms with Gasteiger partial charge in [0.1, 0.15) is 17.7 Å². The minimum atomic E-state index is -0.699. The van der Waals surface area contributed by atoms with Crippen molar-refractivity contribution in [1.82, 2.24) is 39.4 Å². The van der Waals surface area contributed by atoms with E-state index in [9.17, 15) is 19.2 Å². The molecule has 9 rings (SSSR count). The molecular formula is C51H56F2N8O5. The van der Waals surface area contributed by atoms with Crippen molar-refractivity contribution in [3.8, 4) is 22.4 Å². The molecule has 344 valence electrons. The summed E-state index contributed by atoms with van der Waals surface area (Å²) in [6, 6.07) is 15.4. The summed E-state index contributed by atoms with van der Waals surface area (Å²) in [5.41, 5.74) is 4.49. The number of imide groups is 1. The van der Waals surface area contributed by atoms with E-state index in [1.165, 1.54) is 16.7 Å². The third kappa shape index (κ3) is 9.68. The molecule has 1 N–H and O–H groups in total. The summed E-state index contributed by atoms with van der Waals surface area (Å²) in [7, 11) is 0. The number of rotatable bonds is 15. The maximum absolute atomic E-state index is 15.4. The van der Waals surface area contributed by atoms with Crippen molar-refractivity contribution in [3.05, 3.63) is 112 Å². The summed E-state index contributed by atoms with van der Waals surface area (Å²) in [5.74, 6) is -1.50. The third-order valence-corrected chi connectivity index (χ3v) is 13.7. The fourth-order valence-electron chi connectivity index (χ4n) is 10.0. The highest BCUT2D eigenvalue weighted by Gasteiger charge is 2.30. The molecule has 0 radical (unpaired) electrons. The van der Waals surface area contributed by atoms with E-state index in [0.29, 0.717) is 85.5 Å². The number of halogens is 2. The predicted molar refractivity (Wildman–Crippen MR) is 247 cm³/mol. The molecular weight excluding hydrogens is 843 g/mol. The molecule has 3 aromatic heterocycles. The van der Waals surface area contributed by atoms with Crippen LogP contribution in [0.2, 0.25) is 0 Å². The average molecular weight is 899 g/mol. The monoisotopic (exact) mass is 898 g/mol. The number of unbranched alkanes of at least 4 members (excludes halogenated alkanes) is 2. The highest BCUT2D eigenvalue weighted by molar-refractivity contribution is 5.99. The molecule has 13 nitrogen and oxygen atoms in total. The Bertz CT molecular complexity index is 2790. The van der Waals surface area contributed by atoms with Gasteiger partial charge in [0, 0.05) is 80.0 Å². The number of amides is 3. The standard InChI is InChI=1S/C51H56F2N8O5/c1-2-8-33(37-10-6-12-40-39(37)19-22-60(51(40)65)46-15-16-47(62)57-50(46)64)9-4-3-5-14-48(63)59-20-17-36(18-21-59)61-31-35(29-55-61)45-30-54-44-13-7-11-38(49(44)56-45)34-27-42(52)41(43(53)28-34)32-58-23-25-66-26-24-58/h6-7,10-13,19,22,27-31,33,36,46H,2-5,8-9,14-18,20-21,23-26,32H2,1H3,(H,57,62,64). The van der Waals surface area contributed by atoms with Crippen molar-refractivity contribution in [2.75, 3.05) is 39.4 Å². The zero-order valence-electron chi connectivity index (χ0n) is 37.4. The smallest absolute Gasteiger partial charge is 0.259 e. The van der Waals surface area contributed by atoms with Gasteiger partial charge in [-0.1, -0.05) is 50.5 Å². The molecule has 15 heteroatoms. The first-order valence-corrected chi connectivity index (χ1v) is 23.5. The van der Waals surface area contributed by atoms with Crippen LogP contribution in [0.5, 0.6) is 0 Å². The minimum Gasteiger partial charge on any atom is -0.379 e. The highest BCUT2D eigenvalue weighted by atomic mass is 19.1. The number of para-hydroxylation sites is 1. The number of aromatic nitrogens is 5. The zero-order valence-corrected chi connectivity index (χ0v) is 37.4. The molecule has 0 saturated carbocycles. The minimum absolute atomic E-state index is 0.0467. The van der Waals surface area contributed by atoms with Crippen molar-refractivity contribution in [1.29, 1.82) is 0 Å². The number of piperidine rings is 2. The molecule has 2 atom stereocenters. The van der Waals surface area contributed by atoms with Crippen LogP contribution in [0.15, 0.2) is 84.2 Å². The fourth-order valence-corrected chi connectivity index (χ4v) is 10.0. The molecule has 0 spiro atoms. The highest BCUT2D eigenvalue weighted by Crippen LogP contribution is 2.34. The van der Waals surface area contributed by atoms with E-state index < -0.39 is 23.6 Å². The number of benzene rings is 3. The van der Waals surface area contributed by atoms with Crippen LogP contribution in [0, 0.1) is 11.6 Å². The van der Waals surface area contributed by atoms with Gasteiger partial charge < -0.3 is 14.2 Å². The van der Waals surface area contributed by atoms with Crippen molar-refractivity contribution in [3.63, 3.8) is 0 Å². The molecule has 3 aliphatic rings. The summed E-state index contributed by atoms with van der Waals surface area (Å²) >= 11 is 0. The maximum Gasteiger partial charge on any atom is 0.259 e. The lowest BCUT2D eigenvalue weighted by molar-refractivity contribution is -0.136. The largest absolute Gasteiger partial charge is 0.379 e. The first-order chi connectivity index (χ1) is 32.1. The molecule has 66 heavy (non-hydrogen) atoms. The Morgan fingerprint density at radius 1 is 0.879 bits per heavy atom. The molecule has 3 saturated heterocycles. The molecule has 6 aromatic rings. The second-order valence-corrected chi connectivity index (χ2v) is 17.9. The number of ether oxygens (including phenoxy) is 1. The van der Waals surface area contributed by atoms with Gasteiger partial charge in [-0.2, -0.15) is 5.10 Å². The summed E-state index contributed by atoms with van der Waals surface area (Å²) in [5, 5.41) is 8.53. The number of nitrogens with zero attached hydrogens (tertiary/aromatic N) is 7. The molecule has 6 heterocycles. The van der Waals surface area contributed by atoms with E-state index in [4.69, 9.17) is 9.72 Å². The number of hydrogen-bond donors (Lipinski definition) is 1. The van der Waals surface area contributed by atoms with Crippen LogP contribution < -0.4 is 10.9 Å². The van der Waals surface area contributed by atoms with E-state index in [-0.39, 0.29) is 47.9 Å². The molecule has 3 aliphatic heterocycles. The van der Waals surface area contributed by atoms with Gasteiger partial charge in [0.25, 0.3) is 5.56 Å². The Balaban J connectivity index is 0.773. The first-order valence-electron chi connectivity index (χ1n) is 23.5. The van der Waals surface area contributed by atoms with E-state index in [1.54, 1.807) is 24.7 Å². The molecule has 0 aliphatic carbocycles. The van der Waals surface area contributed by atoms with Gasteiger partial charge in [-0.15, -0.1) is 0 Å². The number of hydrogen-bond acceptors (Lipinski definition) is 9. The van der Waals surface area contributed by atoms with E-state index in [0.717, 1.165) is 67.9 Å². The number of fused-ring (bicyclic) bond motifs is 2. The van der Waals surface area contributed by atoms with Gasteiger partial charge >= 0.3 is 0 Å². The maximum atomic E-state index is 15.4. The predicted octanol–water partition coefficient (Wildman–Crippen LogP) is 8.26. The van der Waals surface area contributed by atoms with Gasteiger partial charge in [0.15, 0.2) is 0 Å². The first kappa shape index (κ1) is 45.0. The molecule has 2 unspecified atom stereocenters. The number of carbonyl (C=O) groups is 3. The van der Waals surface area contributed by atoms with Crippen molar-refractivity contribution >= 4 is 39.5 Å². The molecule has 3 amide bonds. The van der Waals surface area contributed by atoms with Gasteiger partial charge in [-0.05, 0) is 91.3 Å². The zero-order chi connectivity index (χ0) is 45.7. The Hall–Kier alpha value is -6.19. The topological polar surface area (TPSA) is 145 Å². The third-order valence-electron chi connectivity index (χ3n) is 13.7. The average Bonchev–Trinajstić information content (AvgIpc) is 3.83. The van der Waals surface area contributed by atoms with Crippen LogP contribution in [-0.4, -0.2) is 91.2 Å². The van der Waals surface area contributed by atoms with Crippen LogP contribution in [0.25, 0.3) is 44.2 Å². The Labute approximate surface area is 382 Å². The lowest BCUT2D eigenvalue weighted by Crippen LogP contribution is -2.44. The summed E-state index contributed by atoms with van der Waals surface area (Å²) in [6.07, 6.45) is 15.3. The van der Waals surface area contributed by atoms with Crippen molar-refractivity contribution in [2.45, 2.75) is 102 Å². The van der Waals surface area contributed by atoms with Crippen molar-refractivity contribution in [2.24, 2.45) is 0 Å². The molecule has 3 aromatic carbocycles. The number of nitrogens with one attached hydrogen (secondary N) is 1. The summed E-state index contributed by atoms with van der Waals surface area (Å²) in [4.78, 5) is 64.7. The Kier molecular flexibility index (Phi) is 13.7. The van der Waals surface area contributed by atoms with Crippen LogP contribution in [-0.2, 0) is 25.7 Å². The Morgan fingerprint density at radius 2 is 1.67 bits per heavy atom. The number of morpholine rings is 1. The van der Waals surface area contributed by atoms with Gasteiger partial charge in [0.05, 0.1) is 48.4 Å². The molecule has 3 fully saturated rings. The second kappa shape index (κ2) is 20.1. The van der Waals surface area contributed by atoms with Crippen LogP contribution in [0.1, 0.15) is 107 Å². The van der Waals surface area contributed by atoms with Gasteiger partial charge in [-0.25, -0.2) is 13.8 Å². The molecule has 0 bridgehead atoms. The van der Waals surface area contributed by atoms with Gasteiger partial charge in [-0.3, -0.25) is 39.1 Å². The summed E-state index contributed by atoms with van der Waals surface area (Å²) in [6.45, 7) is 6.01. The number of likely N-dealkylation sites (tertiary alicyclic amines) is 1. The number of carbonyl (C=O) groups excluding carboxylic acids is 3. The number of pyridine rings is 1. The normalized spacial score (nSPS) is 18.0. The van der Waals surface area contributed by atoms with Gasteiger partial charge in [0.2, 0.25) is 17.7 Å². The van der Waals surface area contributed by atoms with Crippen LogP contribution in [0.3, 0.4) is 0 Å².